The summed E-state index contributed by atoms with van der Waals surface area (Å²) >= 11 is 0. The average Bonchev–Trinajstić information content (AvgIpc) is 2.47. The van der Waals surface area contributed by atoms with Crippen molar-refractivity contribution >= 4 is 12.4 Å². The van der Waals surface area contributed by atoms with Crippen molar-refractivity contribution in [3.63, 3.8) is 0 Å². The van der Waals surface area contributed by atoms with Crippen molar-refractivity contribution in [3.05, 3.63) is 24.0 Å². The molecule has 0 amide bonds. The van der Waals surface area contributed by atoms with Gasteiger partial charge in [0.15, 0.2) is 0 Å². The lowest BCUT2D eigenvalue weighted by molar-refractivity contribution is 0.494. The van der Waals surface area contributed by atoms with E-state index in [-0.39, 0.29) is 18.4 Å². The Morgan fingerprint density at radius 1 is 1.36 bits per heavy atom. The van der Waals surface area contributed by atoms with Gasteiger partial charge in [-0.15, -0.1) is 12.4 Å². The van der Waals surface area contributed by atoms with Crippen molar-refractivity contribution in [1.29, 1.82) is 0 Å². The highest BCUT2D eigenvalue weighted by Gasteiger charge is 2.08. The van der Waals surface area contributed by atoms with Crippen molar-refractivity contribution in [1.82, 2.24) is 4.57 Å². The molecule has 0 unspecified atom stereocenters. The molecule has 2 nitrogen and oxygen atoms in total. The molecule has 14 heavy (non-hydrogen) atoms. The largest absolute Gasteiger partial charge is 0.353 e. The second-order valence-electron chi connectivity index (χ2n) is 4.12. The lowest BCUT2D eigenvalue weighted by Gasteiger charge is -2.14. The van der Waals surface area contributed by atoms with Crippen LogP contribution in [0.25, 0.3) is 0 Å². The van der Waals surface area contributed by atoms with Gasteiger partial charge in [0, 0.05) is 25.0 Å². The molecule has 2 N–H and O–H groups in total. The first kappa shape index (κ1) is 13.5. The van der Waals surface area contributed by atoms with Crippen LogP contribution >= 0.6 is 12.4 Å². The molecule has 0 aliphatic heterocycles. The van der Waals surface area contributed by atoms with Gasteiger partial charge in [0.1, 0.15) is 0 Å². The Labute approximate surface area is 92.9 Å². The molecule has 0 aromatic carbocycles. The molecule has 0 fully saturated rings. The van der Waals surface area contributed by atoms with Crippen molar-refractivity contribution in [2.24, 2.45) is 18.7 Å². The minimum atomic E-state index is 0. The first-order chi connectivity index (χ1) is 6.11. The lowest BCUT2D eigenvalue weighted by atomic mass is 10.0. The number of aryl methyl sites for hydroxylation is 1. The molecule has 0 bridgehead atoms. The zero-order valence-corrected chi connectivity index (χ0v) is 10.1. The summed E-state index contributed by atoms with van der Waals surface area (Å²) in [7, 11) is 2.05. The minimum Gasteiger partial charge on any atom is -0.353 e. The monoisotopic (exact) mass is 216 g/mol. The van der Waals surface area contributed by atoms with E-state index < -0.39 is 0 Å². The van der Waals surface area contributed by atoms with Gasteiger partial charge in [0.25, 0.3) is 0 Å². The van der Waals surface area contributed by atoms with Gasteiger partial charge in [-0.1, -0.05) is 13.8 Å². The van der Waals surface area contributed by atoms with E-state index in [0.29, 0.717) is 0 Å². The van der Waals surface area contributed by atoms with Crippen LogP contribution in [0, 0.1) is 5.92 Å². The van der Waals surface area contributed by atoms with Crippen LogP contribution in [0.1, 0.15) is 38.4 Å². The molecule has 0 spiro atoms. The molecule has 3 heteroatoms. The van der Waals surface area contributed by atoms with E-state index in [1.165, 1.54) is 12.1 Å². The zero-order valence-electron chi connectivity index (χ0n) is 9.23. The van der Waals surface area contributed by atoms with E-state index in [1.807, 2.05) is 19.3 Å². The topological polar surface area (TPSA) is 30.9 Å². The Morgan fingerprint density at radius 3 is 2.43 bits per heavy atom. The maximum Gasteiger partial charge on any atom is 0.0449 e. The fraction of sp³-hybridized carbons (Fsp3) is 0.636. The van der Waals surface area contributed by atoms with Crippen LogP contribution in [-0.2, 0) is 7.05 Å². The summed E-state index contributed by atoms with van der Waals surface area (Å²) in [6.45, 7) is 4.47. The van der Waals surface area contributed by atoms with Crippen molar-refractivity contribution in [2.75, 3.05) is 0 Å². The van der Waals surface area contributed by atoms with Gasteiger partial charge >= 0.3 is 0 Å². The van der Waals surface area contributed by atoms with Gasteiger partial charge in [-0.3, -0.25) is 0 Å². The molecular formula is C11H21ClN2. The van der Waals surface area contributed by atoms with Crippen molar-refractivity contribution < 1.29 is 0 Å². The van der Waals surface area contributed by atoms with Gasteiger partial charge in [-0.05, 0) is 30.9 Å². The second-order valence-corrected chi connectivity index (χ2v) is 4.12. The summed E-state index contributed by atoms with van der Waals surface area (Å²) in [5.41, 5.74) is 7.30. The third-order valence-corrected chi connectivity index (χ3v) is 2.42. The van der Waals surface area contributed by atoms with Crippen molar-refractivity contribution in [3.8, 4) is 0 Å². The van der Waals surface area contributed by atoms with Gasteiger partial charge in [0.05, 0.1) is 0 Å². The number of nitrogens with zero attached hydrogens (tertiary/aromatic N) is 1. The molecule has 1 heterocycles. The third kappa shape index (κ3) is 3.72. The highest BCUT2D eigenvalue weighted by molar-refractivity contribution is 5.85. The van der Waals surface area contributed by atoms with Crippen LogP contribution in [-0.4, -0.2) is 4.57 Å². The lowest BCUT2D eigenvalue weighted by Crippen LogP contribution is -2.14. The molecule has 0 saturated heterocycles. The number of hydrogen-bond acceptors (Lipinski definition) is 1. The summed E-state index contributed by atoms with van der Waals surface area (Å²) in [5, 5.41) is 0. The number of halogens is 1. The minimum absolute atomic E-state index is 0. The molecule has 1 atom stereocenters. The Kier molecular flexibility index (Phi) is 5.89. The summed E-state index contributed by atoms with van der Waals surface area (Å²) in [4.78, 5) is 0. The molecular weight excluding hydrogens is 196 g/mol. The van der Waals surface area contributed by atoms with E-state index in [2.05, 4.69) is 24.5 Å². The van der Waals surface area contributed by atoms with E-state index in [4.69, 9.17) is 5.73 Å². The molecule has 1 aromatic heterocycles. The quantitative estimate of drug-likeness (QED) is 0.825. The molecule has 0 aliphatic rings. The van der Waals surface area contributed by atoms with E-state index in [1.54, 1.807) is 0 Å². The summed E-state index contributed by atoms with van der Waals surface area (Å²) in [6.07, 6.45) is 4.33. The summed E-state index contributed by atoms with van der Waals surface area (Å²) in [5.74, 6) is 0.742. The standard InChI is InChI=1S/C11H20N2.ClH/c1-9(2)6-7-10(12)11-5-4-8-13(11)3;/h4-5,8-10H,6-7,12H2,1-3H3;1H/t10-;/m0./s1. The van der Waals surface area contributed by atoms with E-state index in [9.17, 15) is 0 Å². The van der Waals surface area contributed by atoms with Gasteiger partial charge in [-0.25, -0.2) is 0 Å². The van der Waals surface area contributed by atoms with Gasteiger partial charge in [-0.2, -0.15) is 0 Å². The van der Waals surface area contributed by atoms with Gasteiger partial charge in [0.2, 0.25) is 0 Å². The maximum atomic E-state index is 6.07. The Hall–Kier alpha value is -0.470. The third-order valence-electron chi connectivity index (χ3n) is 2.42. The average molecular weight is 217 g/mol. The van der Waals surface area contributed by atoms with Crippen LogP contribution in [0.3, 0.4) is 0 Å². The van der Waals surface area contributed by atoms with Crippen LogP contribution in [0.2, 0.25) is 0 Å². The summed E-state index contributed by atoms with van der Waals surface area (Å²) in [6, 6.07) is 4.35. The second kappa shape index (κ2) is 6.10. The summed E-state index contributed by atoms with van der Waals surface area (Å²) < 4.78 is 2.10. The van der Waals surface area contributed by atoms with Crippen LogP contribution < -0.4 is 5.73 Å². The van der Waals surface area contributed by atoms with Crippen LogP contribution in [0.5, 0.6) is 0 Å². The number of nitrogens with two attached hydrogens (primary N) is 1. The fourth-order valence-electron chi connectivity index (χ4n) is 1.52. The molecule has 0 saturated carbocycles. The SMILES string of the molecule is CC(C)CC[C@H](N)c1cccn1C.Cl. The normalized spacial score (nSPS) is 12.6. The first-order valence-corrected chi connectivity index (χ1v) is 4.98. The number of aromatic nitrogens is 1. The fourth-order valence-corrected chi connectivity index (χ4v) is 1.52. The van der Waals surface area contributed by atoms with Crippen molar-refractivity contribution in [2.45, 2.75) is 32.7 Å². The highest BCUT2D eigenvalue weighted by atomic mass is 35.5. The predicted octanol–water partition coefficient (Wildman–Crippen LogP) is 2.88. The smallest absolute Gasteiger partial charge is 0.0449 e. The van der Waals surface area contributed by atoms with Crippen LogP contribution in [0.15, 0.2) is 18.3 Å². The predicted molar refractivity (Wildman–Crippen MR) is 63.7 cm³/mol. The molecule has 82 valence electrons. The zero-order chi connectivity index (χ0) is 9.84. The van der Waals surface area contributed by atoms with E-state index in [0.717, 1.165) is 12.3 Å². The Bertz CT molecular complexity index is 256. The van der Waals surface area contributed by atoms with Gasteiger partial charge < -0.3 is 10.3 Å². The molecule has 0 radical (unpaired) electrons. The molecule has 1 rings (SSSR count). The van der Waals surface area contributed by atoms with E-state index >= 15 is 0 Å². The maximum absolute atomic E-state index is 6.07. The Balaban J connectivity index is 0.00000169. The first-order valence-electron chi connectivity index (χ1n) is 4.98. The number of hydrogen-bond donors (Lipinski definition) is 1. The molecule has 1 aromatic rings. The molecule has 0 aliphatic carbocycles. The number of rotatable bonds is 4. The highest BCUT2D eigenvalue weighted by Crippen LogP contribution is 2.18. The van der Waals surface area contributed by atoms with Crippen LogP contribution in [0.4, 0.5) is 0 Å². The Morgan fingerprint density at radius 2 is 2.00 bits per heavy atom.